The second-order valence-corrected chi connectivity index (χ2v) is 2.00. The van der Waals surface area contributed by atoms with Crippen molar-refractivity contribution in [2.24, 2.45) is 0 Å². The predicted molar refractivity (Wildman–Crippen MR) is 35.2 cm³/mol. The molecule has 0 amide bonds. The van der Waals surface area contributed by atoms with E-state index in [1.165, 1.54) is 0 Å². The lowest BCUT2D eigenvalue weighted by molar-refractivity contribution is 0.302. The molecular weight excluding hydrogens is 97.7 g/mol. The molecule has 0 aromatic heterocycles. The summed E-state index contributed by atoms with van der Waals surface area (Å²) in [5.41, 5.74) is 0.0622. The van der Waals surface area contributed by atoms with E-state index in [-0.39, 0.29) is 18.1 Å². The average molecular weight is 105 g/mol. The van der Waals surface area contributed by atoms with Crippen molar-refractivity contribution in [2.75, 3.05) is 6.61 Å². The molecule has 2 atom stereocenters. The lowest BCUT2D eigenvalue weighted by Crippen LogP contribution is -2.04. The van der Waals surface area contributed by atoms with Crippen molar-refractivity contribution in [3.63, 3.8) is 0 Å². The van der Waals surface area contributed by atoms with Gasteiger partial charge in [0, 0.05) is 6.61 Å². The van der Waals surface area contributed by atoms with Crippen molar-refractivity contribution < 1.29 is 5.11 Å². The van der Waals surface area contributed by atoms with Crippen molar-refractivity contribution in [1.29, 1.82) is 0 Å². The van der Waals surface area contributed by atoms with Crippen molar-refractivity contribution in [2.45, 2.75) is 11.5 Å². The fourth-order valence-electron chi connectivity index (χ4n) is 0.806. The van der Waals surface area contributed by atoms with Crippen molar-refractivity contribution in [3.05, 3.63) is 12.2 Å². The Kier molecular flexibility index (Phi) is 1.79. The summed E-state index contributed by atoms with van der Waals surface area (Å²) in [6.07, 6.45) is 3.81. The molecule has 8 heavy (non-hydrogen) atoms. The van der Waals surface area contributed by atoms with Crippen LogP contribution in [0.4, 0.5) is 0 Å². The number of allylic oxidation sites excluding steroid dienone is 1. The van der Waals surface area contributed by atoms with Crippen LogP contribution in [-0.4, -0.2) is 26.8 Å². The molecule has 0 aromatic rings. The first kappa shape index (κ1) is 5.96. The third-order valence-electron chi connectivity index (χ3n) is 1.26. The molecule has 3 radical (unpaired) electrons. The number of hydrogen-bond donors (Lipinski definition) is 1. The van der Waals surface area contributed by atoms with E-state index in [1.807, 2.05) is 19.4 Å². The van der Waals surface area contributed by atoms with Gasteiger partial charge in [0.05, 0.1) is 7.85 Å². The van der Waals surface area contributed by atoms with E-state index in [1.54, 1.807) is 0 Å². The normalized spacial score (nSPS) is 35.1. The molecule has 0 fully saturated rings. The summed E-state index contributed by atoms with van der Waals surface area (Å²) in [5, 5.41) is 8.55. The van der Waals surface area contributed by atoms with Crippen molar-refractivity contribution in [3.8, 4) is 0 Å². The predicted octanol–water partition coefficient (Wildman–Crippen LogP) is -0.0443. The number of aliphatic hydroxyl groups is 1. The van der Waals surface area contributed by atoms with Crippen LogP contribution in [0.1, 0.15) is 0 Å². The maximum absolute atomic E-state index is 8.55. The zero-order chi connectivity index (χ0) is 5.98. The molecule has 1 N–H and O–H groups in total. The van der Waals surface area contributed by atoms with E-state index in [2.05, 4.69) is 0 Å². The topological polar surface area (TPSA) is 20.2 Å². The molecule has 0 aromatic carbocycles. The molecule has 0 aliphatic carbocycles. The number of hydrogen-bond acceptors (Lipinski definition) is 1. The van der Waals surface area contributed by atoms with Crippen LogP contribution in [0.5, 0.6) is 0 Å². The Morgan fingerprint density at radius 2 is 2.38 bits per heavy atom. The van der Waals surface area contributed by atoms with E-state index in [0.29, 0.717) is 0 Å². The molecule has 0 spiro atoms. The van der Waals surface area contributed by atoms with Gasteiger partial charge in [0.15, 0.2) is 0 Å². The third kappa shape index (κ3) is 1.16. The zero-order valence-electron chi connectivity index (χ0n) is 4.62. The molecule has 0 bridgehead atoms. The summed E-state index contributed by atoms with van der Waals surface area (Å²) < 4.78 is 0. The van der Waals surface area contributed by atoms with Crippen LogP contribution in [0.15, 0.2) is 12.2 Å². The van der Waals surface area contributed by atoms with E-state index < -0.39 is 0 Å². The quantitative estimate of drug-likeness (QED) is 0.366. The van der Waals surface area contributed by atoms with Crippen LogP contribution in [0.25, 0.3) is 0 Å². The van der Waals surface area contributed by atoms with Crippen LogP contribution in [0.2, 0.25) is 11.5 Å². The second-order valence-electron chi connectivity index (χ2n) is 2.00. The van der Waals surface area contributed by atoms with Crippen molar-refractivity contribution >= 4 is 15.1 Å². The highest BCUT2D eigenvalue weighted by Gasteiger charge is 2.14. The Balaban J connectivity index is 2.34. The Labute approximate surface area is 51.4 Å². The van der Waals surface area contributed by atoms with Gasteiger partial charge in [0.1, 0.15) is 7.28 Å². The maximum atomic E-state index is 8.55. The molecule has 1 aliphatic heterocycles. The van der Waals surface area contributed by atoms with E-state index in [4.69, 9.17) is 13.0 Å². The fraction of sp³-hybridized carbons (Fsp3) is 0.600. The number of aliphatic hydroxyl groups excluding tert-OH is 1. The second kappa shape index (κ2) is 2.40. The molecular formula is C5H7B2O. The Bertz CT molecular complexity index is 103. The van der Waals surface area contributed by atoms with Gasteiger partial charge in [-0.05, 0) is 5.82 Å². The summed E-state index contributed by atoms with van der Waals surface area (Å²) >= 11 is 0. The lowest BCUT2D eigenvalue weighted by atomic mass is 9.52. The van der Waals surface area contributed by atoms with E-state index in [0.717, 1.165) is 0 Å². The van der Waals surface area contributed by atoms with Gasteiger partial charge in [0.2, 0.25) is 0 Å². The van der Waals surface area contributed by atoms with E-state index in [9.17, 15) is 0 Å². The minimum absolute atomic E-state index is 0.0622. The largest absolute Gasteiger partial charge is 0.397 e. The van der Waals surface area contributed by atoms with Crippen LogP contribution in [0, 0.1) is 0 Å². The third-order valence-corrected chi connectivity index (χ3v) is 1.26. The highest BCUT2D eigenvalue weighted by atomic mass is 16.3. The highest BCUT2D eigenvalue weighted by Crippen LogP contribution is 2.20. The van der Waals surface area contributed by atoms with Gasteiger partial charge in [-0.15, -0.1) is 6.08 Å². The first-order valence-corrected chi connectivity index (χ1v) is 2.72. The summed E-state index contributed by atoms with van der Waals surface area (Å²) in [4.78, 5) is 0. The first-order valence-electron chi connectivity index (χ1n) is 2.72. The molecule has 1 heterocycles. The van der Waals surface area contributed by atoms with Crippen LogP contribution in [-0.2, 0) is 0 Å². The molecule has 0 saturated heterocycles. The summed E-state index contributed by atoms with van der Waals surface area (Å²) in [6.45, 7) is 0.185. The van der Waals surface area contributed by atoms with Gasteiger partial charge in [-0.2, -0.15) is 0 Å². The summed E-state index contributed by atoms with van der Waals surface area (Å²) in [7, 11) is 7.36. The molecule has 3 heteroatoms. The van der Waals surface area contributed by atoms with Crippen LogP contribution >= 0.6 is 0 Å². The molecule has 1 rings (SSSR count). The Hall–Kier alpha value is -0.170. The standard InChI is InChI=1S/C5H7B2O/c6-5-2-1-4(3-8)7-5/h1-2,4-5,8H,3H2. The summed E-state index contributed by atoms with van der Waals surface area (Å²) in [6, 6.07) is 0. The van der Waals surface area contributed by atoms with Crippen LogP contribution < -0.4 is 0 Å². The van der Waals surface area contributed by atoms with Gasteiger partial charge < -0.3 is 5.11 Å². The Morgan fingerprint density at radius 3 is 2.62 bits per heavy atom. The van der Waals surface area contributed by atoms with Gasteiger partial charge >= 0.3 is 0 Å². The van der Waals surface area contributed by atoms with Gasteiger partial charge in [-0.3, -0.25) is 0 Å². The number of rotatable bonds is 1. The average Bonchev–Trinajstić information content (AvgIpc) is 2.14. The molecule has 1 nitrogen and oxygen atoms in total. The van der Waals surface area contributed by atoms with Gasteiger partial charge in [-0.1, -0.05) is 11.8 Å². The van der Waals surface area contributed by atoms with Gasteiger partial charge in [0.25, 0.3) is 0 Å². The van der Waals surface area contributed by atoms with Crippen LogP contribution in [0.3, 0.4) is 0 Å². The SMILES string of the molecule is [B]C1[B]C(CO)C=C1. The zero-order valence-corrected chi connectivity index (χ0v) is 4.62. The monoisotopic (exact) mass is 105 g/mol. The highest BCUT2D eigenvalue weighted by molar-refractivity contribution is 6.54. The smallest absolute Gasteiger partial charge is 0.119 e. The first-order chi connectivity index (χ1) is 3.83. The molecule has 39 valence electrons. The Morgan fingerprint density at radius 1 is 1.62 bits per heavy atom. The minimum Gasteiger partial charge on any atom is -0.397 e. The molecule has 1 aliphatic rings. The maximum Gasteiger partial charge on any atom is 0.119 e. The molecule has 0 saturated carbocycles. The lowest BCUT2D eigenvalue weighted by Gasteiger charge is -1.99. The van der Waals surface area contributed by atoms with E-state index >= 15 is 0 Å². The minimum atomic E-state index is 0.0622. The molecule has 2 unspecified atom stereocenters. The summed E-state index contributed by atoms with van der Waals surface area (Å²) in [5.74, 6) is 0.199. The van der Waals surface area contributed by atoms with Crippen molar-refractivity contribution in [1.82, 2.24) is 0 Å². The van der Waals surface area contributed by atoms with Gasteiger partial charge in [-0.25, -0.2) is 0 Å². The fourth-order valence-corrected chi connectivity index (χ4v) is 0.806.